The molecule has 1 rings (SSSR count). The standard InChI is InChI=1S/C12H17NO2/c1-3-10-4-6-11(7-5-10)15-12(14)8-9-13-2/h4-7,13H,3,8-9H2,1-2H3. The topological polar surface area (TPSA) is 38.3 Å². The fourth-order valence-corrected chi connectivity index (χ4v) is 1.20. The van der Waals surface area contributed by atoms with Crippen molar-refractivity contribution in [1.82, 2.24) is 5.32 Å². The largest absolute Gasteiger partial charge is 0.426 e. The number of carbonyl (C=O) groups excluding carboxylic acids is 1. The van der Waals surface area contributed by atoms with E-state index in [0.717, 1.165) is 6.42 Å². The van der Waals surface area contributed by atoms with E-state index in [-0.39, 0.29) is 5.97 Å². The Kier molecular flexibility index (Phi) is 4.84. The Bertz CT molecular complexity index is 306. The summed E-state index contributed by atoms with van der Waals surface area (Å²) in [4.78, 5) is 11.3. The molecule has 1 aromatic carbocycles. The van der Waals surface area contributed by atoms with Gasteiger partial charge in [0, 0.05) is 6.54 Å². The lowest BCUT2D eigenvalue weighted by Crippen LogP contribution is -2.16. The molecule has 15 heavy (non-hydrogen) atoms. The van der Waals surface area contributed by atoms with Crippen molar-refractivity contribution in [3.05, 3.63) is 29.8 Å². The zero-order chi connectivity index (χ0) is 11.1. The van der Waals surface area contributed by atoms with Gasteiger partial charge in [0.2, 0.25) is 0 Å². The predicted molar refractivity (Wildman–Crippen MR) is 60.0 cm³/mol. The number of nitrogens with one attached hydrogen (secondary N) is 1. The highest BCUT2D eigenvalue weighted by Crippen LogP contribution is 2.12. The molecule has 0 aliphatic rings. The minimum absolute atomic E-state index is 0.200. The average Bonchev–Trinajstić information content (AvgIpc) is 2.27. The molecule has 1 N–H and O–H groups in total. The van der Waals surface area contributed by atoms with Gasteiger partial charge in [-0.1, -0.05) is 19.1 Å². The van der Waals surface area contributed by atoms with E-state index in [1.54, 1.807) is 0 Å². The fourth-order valence-electron chi connectivity index (χ4n) is 1.20. The van der Waals surface area contributed by atoms with Crippen LogP contribution in [0.25, 0.3) is 0 Å². The molecule has 0 radical (unpaired) electrons. The van der Waals surface area contributed by atoms with Crippen LogP contribution in [0.4, 0.5) is 0 Å². The Labute approximate surface area is 90.4 Å². The van der Waals surface area contributed by atoms with Crippen LogP contribution < -0.4 is 10.1 Å². The third kappa shape index (κ3) is 4.13. The second-order valence-corrected chi connectivity index (χ2v) is 3.33. The fraction of sp³-hybridized carbons (Fsp3) is 0.417. The van der Waals surface area contributed by atoms with Crippen LogP contribution in [-0.2, 0) is 11.2 Å². The number of hydrogen-bond donors (Lipinski definition) is 1. The van der Waals surface area contributed by atoms with E-state index in [0.29, 0.717) is 18.7 Å². The van der Waals surface area contributed by atoms with Crippen LogP contribution in [0.5, 0.6) is 5.75 Å². The summed E-state index contributed by atoms with van der Waals surface area (Å²) >= 11 is 0. The van der Waals surface area contributed by atoms with Crippen molar-refractivity contribution in [2.75, 3.05) is 13.6 Å². The van der Waals surface area contributed by atoms with Gasteiger partial charge in [0.05, 0.1) is 6.42 Å². The minimum Gasteiger partial charge on any atom is -0.426 e. The molecule has 0 atom stereocenters. The molecule has 0 amide bonds. The summed E-state index contributed by atoms with van der Waals surface area (Å²) in [6.45, 7) is 2.74. The summed E-state index contributed by atoms with van der Waals surface area (Å²) in [5.41, 5.74) is 1.24. The summed E-state index contributed by atoms with van der Waals surface area (Å²) < 4.78 is 5.14. The third-order valence-corrected chi connectivity index (χ3v) is 2.14. The van der Waals surface area contributed by atoms with Crippen molar-refractivity contribution in [2.24, 2.45) is 0 Å². The molecule has 1 aromatic rings. The van der Waals surface area contributed by atoms with Gasteiger partial charge >= 0.3 is 5.97 Å². The number of hydrogen-bond acceptors (Lipinski definition) is 3. The number of esters is 1. The van der Waals surface area contributed by atoms with Gasteiger partial charge in [0.1, 0.15) is 5.75 Å². The number of rotatable bonds is 5. The van der Waals surface area contributed by atoms with Gasteiger partial charge in [0.25, 0.3) is 0 Å². The van der Waals surface area contributed by atoms with E-state index < -0.39 is 0 Å². The third-order valence-electron chi connectivity index (χ3n) is 2.14. The van der Waals surface area contributed by atoms with Gasteiger partial charge in [-0.2, -0.15) is 0 Å². The lowest BCUT2D eigenvalue weighted by atomic mass is 10.2. The number of carbonyl (C=O) groups is 1. The predicted octanol–water partition coefficient (Wildman–Crippen LogP) is 1.76. The van der Waals surface area contributed by atoms with Crippen LogP contribution in [0.1, 0.15) is 18.9 Å². The monoisotopic (exact) mass is 207 g/mol. The quantitative estimate of drug-likeness (QED) is 0.590. The second-order valence-electron chi connectivity index (χ2n) is 3.33. The Morgan fingerprint density at radius 2 is 2.00 bits per heavy atom. The molecular formula is C12H17NO2. The first-order valence-electron chi connectivity index (χ1n) is 5.20. The highest BCUT2D eigenvalue weighted by molar-refractivity contribution is 5.72. The van der Waals surface area contributed by atoms with Crippen molar-refractivity contribution in [3.8, 4) is 5.75 Å². The van der Waals surface area contributed by atoms with Crippen molar-refractivity contribution in [1.29, 1.82) is 0 Å². The van der Waals surface area contributed by atoms with E-state index in [2.05, 4.69) is 12.2 Å². The Morgan fingerprint density at radius 3 is 2.53 bits per heavy atom. The summed E-state index contributed by atoms with van der Waals surface area (Å²) in [5, 5.41) is 2.90. The van der Waals surface area contributed by atoms with E-state index in [9.17, 15) is 4.79 Å². The molecule has 3 nitrogen and oxygen atoms in total. The highest BCUT2D eigenvalue weighted by atomic mass is 16.5. The SMILES string of the molecule is CCc1ccc(OC(=O)CCNC)cc1. The molecule has 0 aromatic heterocycles. The van der Waals surface area contributed by atoms with E-state index in [1.807, 2.05) is 31.3 Å². The van der Waals surface area contributed by atoms with Crippen LogP contribution in [0.3, 0.4) is 0 Å². The number of benzene rings is 1. The molecule has 0 bridgehead atoms. The lowest BCUT2D eigenvalue weighted by molar-refractivity contribution is -0.134. The Morgan fingerprint density at radius 1 is 1.33 bits per heavy atom. The molecule has 82 valence electrons. The first-order chi connectivity index (χ1) is 7.26. The molecule has 0 aliphatic heterocycles. The zero-order valence-electron chi connectivity index (χ0n) is 9.25. The van der Waals surface area contributed by atoms with E-state index in [4.69, 9.17) is 4.74 Å². The maximum atomic E-state index is 11.3. The summed E-state index contributed by atoms with van der Waals surface area (Å²) in [6.07, 6.45) is 1.39. The Balaban J connectivity index is 2.46. The minimum atomic E-state index is -0.200. The highest BCUT2D eigenvalue weighted by Gasteiger charge is 2.03. The van der Waals surface area contributed by atoms with E-state index >= 15 is 0 Å². The summed E-state index contributed by atoms with van der Waals surface area (Å²) in [7, 11) is 1.81. The maximum Gasteiger partial charge on any atom is 0.312 e. The van der Waals surface area contributed by atoms with Gasteiger partial charge in [0.15, 0.2) is 0 Å². The smallest absolute Gasteiger partial charge is 0.312 e. The van der Waals surface area contributed by atoms with Crippen LogP contribution in [0, 0.1) is 0 Å². The van der Waals surface area contributed by atoms with Gasteiger partial charge in [-0.05, 0) is 31.2 Å². The van der Waals surface area contributed by atoms with Gasteiger partial charge < -0.3 is 10.1 Å². The van der Waals surface area contributed by atoms with E-state index in [1.165, 1.54) is 5.56 Å². The molecule has 3 heteroatoms. The van der Waals surface area contributed by atoms with Crippen LogP contribution in [0.15, 0.2) is 24.3 Å². The summed E-state index contributed by atoms with van der Waals surface area (Å²) in [5.74, 6) is 0.418. The zero-order valence-corrected chi connectivity index (χ0v) is 9.25. The first-order valence-corrected chi connectivity index (χ1v) is 5.20. The molecule has 0 saturated heterocycles. The van der Waals surface area contributed by atoms with Crippen molar-refractivity contribution < 1.29 is 9.53 Å². The molecule has 0 fully saturated rings. The molecule has 0 unspecified atom stereocenters. The first kappa shape index (κ1) is 11.7. The van der Waals surface area contributed by atoms with Crippen LogP contribution >= 0.6 is 0 Å². The van der Waals surface area contributed by atoms with Gasteiger partial charge in [-0.15, -0.1) is 0 Å². The van der Waals surface area contributed by atoms with Gasteiger partial charge in [-0.3, -0.25) is 4.79 Å². The molecular weight excluding hydrogens is 190 g/mol. The van der Waals surface area contributed by atoms with Crippen molar-refractivity contribution in [2.45, 2.75) is 19.8 Å². The number of ether oxygens (including phenoxy) is 1. The van der Waals surface area contributed by atoms with Crippen LogP contribution in [0.2, 0.25) is 0 Å². The molecule has 0 spiro atoms. The molecule has 0 saturated carbocycles. The van der Waals surface area contributed by atoms with Crippen molar-refractivity contribution in [3.63, 3.8) is 0 Å². The second kappa shape index (κ2) is 6.19. The van der Waals surface area contributed by atoms with Crippen LogP contribution in [-0.4, -0.2) is 19.6 Å². The van der Waals surface area contributed by atoms with Gasteiger partial charge in [-0.25, -0.2) is 0 Å². The Hall–Kier alpha value is -1.35. The number of aryl methyl sites for hydroxylation is 1. The molecule has 0 heterocycles. The molecule has 0 aliphatic carbocycles. The maximum absolute atomic E-state index is 11.3. The average molecular weight is 207 g/mol. The summed E-state index contributed by atoms with van der Waals surface area (Å²) in [6, 6.07) is 7.60. The normalized spacial score (nSPS) is 10.0. The van der Waals surface area contributed by atoms with Crippen molar-refractivity contribution >= 4 is 5.97 Å². The lowest BCUT2D eigenvalue weighted by Gasteiger charge is -2.04.